The average Bonchev–Trinajstić information content (AvgIpc) is 2.65. The lowest BCUT2D eigenvalue weighted by Crippen LogP contribution is -2.05. The average molecular weight is 327 g/mol. The maximum Gasteiger partial charge on any atom is 0.0731 e. The Balaban J connectivity index is 2.08. The van der Waals surface area contributed by atoms with Gasteiger partial charge in [-0.05, 0) is 47.2 Å². The van der Waals surface area contributed by atoms with Crippen molar-refractivity contribution >= 4 is 28.3 Å². The van der Waals surface area contributed by atoms with Crippen LogP contribution in [0, 0.1) is 3.57 Å². The molecule has 1 unspecified atom stereocenters. The van der Waals surface area contributed by atoms with Crippen molar-refractivity contribution in [1.82, 2.24) is 9.78 Å². The molecule has 2 aromatic rings. The molecule has 0 bridgehead atoms. The van der Waals surface area contributed by atoms with E-state index in [0.717, 1.165) is 5.69 Å². The Morgan fingerprint density at radius 2 is 2.00 bits per heavy atom. The third-order valence-electron chi connectivity index (χ3n) is 2.46. The summed E-state index contributed by atoms with van der Waals surface area (Å²) in [6.07, 6.45) is 3.81. The molecule has 1 aromatic heterocycles. The summed E-state index contributed by atoms with van der Waals surface area (Å²) in [4.78, 5) is 0. The van der Waals surface area contributed by atoms with Gasteiger partial charge in [0, 0.05) is 22.9 Å². The van der Waals surface area contributed by atoms with E-state index in [0.29, 0.717) is 6.04 Å². The van der Waals surface area contributed by atoms with E-state index in [1.54, 1.807) is 4.68 Å². The Kier molecular flexibility index (Phi) is 3.48. The van der Waals surface area contributed by atoms with E-state index >= 15 is 0 Å². The minimum absolute atomic E-state index is 0.293. The fourth-order valence-corrected chi connectivity index (χ4v) is 1.94. The second kappa shape index (κ2) is 4.86. The summed E-state index contributed by atoms with van der Waals surface area (Å²) in [7, 11) is 1.92. The van der Waals surface area contributed by atoms with E-state index in [9.17, 15) is 0 Å². The number of hydrogen-bond donors (Lipinski definition) is 1. The van der Waals surface area contributed by atoms with Gasteiger partial charge in [0.15, 0.2) is 0 Å². The van der Waals surface area contributed by atoms with Crippen LogP contribution in [0.25, 0.3) is 0 Å². The smallest absolute Gasteiger partial charge is 0.0731 e. The van der Waals surface area contributed by atoms with Gasteiger partial charge in [-0.2, -0.15) is 5.10 Å². The highest BCUT2D eigenvalue weighted by Gasteiger charge is 2.05. The van der Waals surface area contributed by atoms with Gasteiger partial charge in [0.25, 0.3) is 0 Å². The van der Waals surface area contributed by atoms with Crippen LogP contribution in [0.1, 0.15) is 18.5 Å². The SMILES string of the molecule is CC(Nc1cnn(C)c1)c1ccc(I)cc1. The van der Waals surface area contributed by atoms with E-state index in [1.807, 2.05) is 19.4 Å². The number of rotatable bonds is 3. The molecule has 0 amide bonds. The summed E-state index contributed by atoms with van der Waals surface area (Å²) in [6.45, 7) is 2.15. The molecule has 1 aromatic carbocycles. The highest BCUT2D eigenvalue weighted by molar-refractivity contribution is 14.1. The lowest BCUT2D eigenvalue weighted by molar-refractivity contribution is 0.767. The molecule has 0 saturated heterocycles. The van der Waals surface area contributed by atoms with Gasteiger partial charge in [-0.1, -0.05) is 12.1 Å². The lowest BCUT2D eigenvalue weighted by atomic mass is 10.1. The van der Waals surface area contributed by atoms with Crippen molar-refractivity contribution in [1.29, 1.82) is 0 Å². The van der Waals surface area contributed by atoms with Gasteiger partial charge in [0.1, 0.15) is 0 Å². The van der Waals surface area contributed by atoms with Gasteiger partial charge in [0.2, 0.25) is 0 Å². The molecule has 0 spiro atoms. The largest absolute Gasteiger partial charge is 0.376 e. The molecular formula is C12H14IN3. The number of aryl methyl sites for hydroxylation is 1. The van der Waals surface area contributed by atoms with E-state index in [2.05, 4.69) is 64.2 Å². The van der Waals surface area contributed by atoms with Crippen LogP contribution in [-0.2, 0) is 7.05 Å². The summed E-state index contributed by atoms with van der Waals surface area (Å²) >= 11 is 2.31. The van der Waals surface area contributed by atoms with Gasteiger partial charge >= 0.3 is 0 Å². The van der Waals surface area contributed by atoms with Crippen LogP contribution in [0.4, 0.5) is 5.69 Å². The van der Waals surface area contributed by atoms with E-state index in [4.69, 9.17) is 0 Å². The third kappa shape index (κ3) is 2.75. The number of nitrogens with one attached hydrogen (secondary N) is 1. The number of nitrogens with zero attached hydrogens (tertiary/aromatic N) is 2. The predicted molar refractivity (Wildman–Crippen MR) is 74.4 cm³/mol. The van der Waals surface area contributed by atoms with E-state index in [-0.39, 0.29) is 0 Å². The molecule has 0 aliphatic rings. The van der Waals surface area contributed by atoms with Gasteiger partial charge < -0.3 is 5.32 Å². The number of hydrogen-bond acceptors (Lipinski definition) is 2. The molecule has 0 saturated carbocycles. The molecule has 1 N–H and O–H groups in total. The second-order valence-electron chi connectivity index (χ2n) is 3.82. The zero-order valence-corrected chi connectivity index (χ0v) is 11.5. The van der Waals surface area contributed by atoms with Gasteiger partial charge in [-0.3, -0.25) is 4.68 Å². The first-order valence-corrected chi connectivity index (χ1v) is 6.23. The normalized spacial score (nSPS) is 12.4. The monoisotopic (exact) mass is 327 g/mol. The highest BCUT2D eigenvalue weighted by Crippen LogP contribution is 2.19. The van der Waals surface area contributed by atoms with Crippen molar-refractivity contribution in [3.05, 3.63) is 45.8 Å². The van der Waals surface area contributed by atoms with E-state index in [1.165, 1.54) is 9.13 Å². The Morgan fingerprint density at radius 3 is 2.56 bits per heavy atom. The molecule has 1 atom stereocenters. The maximum absolute atomic E-state index is 4.13. The summed E-state index contributed by atoms with van der Waals surface area (Å²) in [5.41, 5.74) is 2.33. The minimum atomic E-state index is 0.293. The standard InChI is InChI=1S/C12H14IN3/c1-9(10-3-5-11(13)6-4-10)15-12-7-14-16(2)8-12/h3-9,15H,1-2H3. The molecule has 4 heteroatoms. The molecule has 16 heavy (non-hydrogen) atoms. The van der Waals surface area contributed by atoms with Gasteiger partial charge in [-0.15, -0.1) is 0 Å². The zero-order valence-electron chi connectivity index (χ0n) is 9.31. The first-order valence-electron chi connectivity index (χ1n) is 5.16. The molecule has 0 aliphatic heterocycles. The summed E-state index contributed by atoms with van der Waals surface area (Å²) in [5.74, 6) is 0. The van der Waals surface area contributed by atoms with Crippen LogP contribution < -0.4 is 5.32 Å². The van der Waals surface area contributed by atoms with Crippen LogP contribution in [0.5, 0.6) is 0 Å². The molecule has 3 nitrogen and oxygen atoms in total. The number of benzene rings is 1. The fourth-order valence-electron chi connectivity index (χ4n) is 1.58. The van der Waals surface area contributed by atoms with Crippen molar-refractivity contribution < 1.29 is 0 Å². The summed E-state index contributed by atoms with van der Waals surface area (Å²) in [6, 6.07) is 8.83. The predicted octanol–water partition coefficient (Wildman–Crippen LogP) is 3.20. The second-order valence-corrected chi connectivity index (χ2v) is 5.07. The van der Waals surface area contributed by atoms with Crippen molar-refractivity contribution in [2.75, 3.05) is 5.32 Å². The number of anilines is 1. The molecule has 84 valence electrons. The Bertz CT molecular complexity index is 461. The topological polar surface area (TPSA) is 29.9 Å². The summed E-state index contributed by atoms with van der Waals surface area (Å²) < 4.78 is 3.05. The van der Waals surface area contributed by atoms with Gasteiger partial charge in [0.05, 0.1) is 11.9 Å². The van der Waals surface area contributed by atoms with Crippen molar-refractivity contribution in [2.45, 2.75) is 13.0 Å². The molecular weight excluding hydrogens is 313 g/mol. The van der Waals surface area contributed by atoms with Crippen molar-refractivity contribution in [3.8, 4) is 0 Å². The fraction of sp³-hybridized carbons (Fsp3) is 0.250. The Morgan fingerprint density at radius 1 is 1.31 bits per heavy atom. The van der Waals surface area contributed by atoms with Crippen LogP contribution in [0.2, 0.25) is 0 Å². The first kappa shape index (κ1) is 11.4. The van der Waals surface area contributed by atoms with Crippen LogP contribution in [0.15, 0.2) is 36.7 Å². The Hall–Kier alpha value is -1.04. The van der Waals surface area contributed by atoms with Crippen LogP contribution in [0.3, 0.4) is 0 Å². The molecule has 1 heterocycles. The van der Waals surface area contributed by atoms with Crippen LogP contribution >= 0.6 is 22.6 Å². The number of aromatic nitrogens is 2. The molecule has 0 aliphatic carbocycles. The molecule has 0 fully saturated rings. The lowest BCUT2D eigenvalue weighted by Gasteiger charge is -2.13. The highest BCUT2D eigenvalue weighted by atomic mass is 127. The summed E-state index contributed by atoms with van der Waals surface area (Å²) in [5, 5.41) is 7.54. The molecule has 0 radical (unpaired) electrons. The maximum atomic E-state index is 4.13. The third-order valence-corrected chi connectivity index (χ3v) is 3.18. The zero-order chi connectivity index (χ0) is 11.5. The van der Waals surface area contributed by atoms with Crippen LogP contribution in [-0.4, -0.2) is 9.78 Å². The van der Waals surface area contributed by atoms with E-state index < -0.39 is 0 Å². The first-order chi connectivity index (χ1) is 7.65. The minimum Gasteiger partial charge on any atom is -0.376 e. The molecule has 2 rings (SSSR count). The quantitative estimate of drug-likeness (QED) is 0.878. The van der Waals surface area contributed by atoms with Crippen molar-refractivity contribution in [3.63, 3.8) is 0 Å². The van der Waals surface area contributed by atoms with Gasteiger partial charge in [-0.25, -0.2) is 0 Å². The van der Waals surface area contributed by atoms with Crippen molar-refractivity contribution in [2.24, 2.45) is 7.05 Å². The number of halogens is 1. The Labute approximate surface area is 109 Å².